The summed E-state index contributed by atoms with van der Waals surface area (Å²) in [4.78, 5) is 15.8. The van der Waals surface area contributed by atoms with Crippen molar-refractivity contribution in [2.24, 2.45) is 0 Å². The lowest BCUT2D eigenvalue weighted by Crippen LogP contribution is -1.99. The van der Waals surface area contributed by atoms with Crippen LogP contribution in [0.15, 0.2) is 78.9 Å². The predicted molar refractivity (Wildman–Crippen MR) is 107 cm³/mol. The Morgan fingerprint density at radius 3 is 2.46 bits per heavy atom. The standard InChI is InChI=1S/C23H21NO4/c1-2-26-23(25)16-13-18-11-14-20(15-12-18)27-17-19-7-6-10-22(24-19)28-21-8-4-3-5-9-21/h3-16H,2,17H2,1H3. The molecule has 2 aromatic carbocycles. The van der Waals surface area contributed by atoms with Gasteiger partial charge < -0.3 is 14.2 Å². The zero-order valence-corrected chi connectivity index (χ0v) is 15.6. The maximum absolute atomic E-state index is 11.3. The summed E-state index contributed by atoms with van der Waals surface area (Å²) in [5.41, 5.74) is 1.65. The van der Waals surface area contributed by atoms with Crippen molar-refractivity contribution in [1.82, 2.24) is 4.98 Å². The highest BCUT2D eigenvalue weighted by Crippen LogP contribution is 2.20. The smallest absolute Gasteiger partial charge is 0.330 e. The van der Waals surface area contributed by atoms with Crippen LogP contribution in [0.4, 0.5) is 0 Å². The normalized spacial score (nSPS) is 10.6. The maximum atomic E-state index is 11.3. The summed E-state index contributed by atoms with van der Waals surface area (Å²) in [6, 6.07) is 22.5. The maximum Gasteiger partial charge on any atom is 0.330 e. The van der Waals surface area contributed by atoms with Crippen molar-refractivity contribution in [1.29, 1.82) is 0 Å². The Balaban J connectivity index is 1.55. The zero-order chi connectivity index (χ0) is 19.6. The van der Waals surface area contributed by atoms with Gasteiger partial charge in [0.2, 0.25) is 5.88 Å². The van der Waals surface area contributed by atoms with Gasteiger partial charge in [-0.25, -0.2) is 9.78 Å². The molecule has 142 valence electrons. The molecule has 1 heterocycles. The first-order chi connectivity index (χ1) is 13.7. The number of aromatic nitrogens is 1. The molecular weight excluding hydrogens is 354 g/mol. The fraction of sp³-hybridized carbons (Fsp3) is 0.130. The van der Waals surface area contributed by atoms with Crippen molar-refractivity contribution in [2.45, 2.75) is 13.5 Å². The van der Waals surface area contributed by atoms with E-state index in [1.54, 1.807) is 19.1 Å². The van der Waals surface area contributed by atoms with Crippen molar-refractivity contribution >= 4 is 12.0 Å². The highest BCUT2D eigenvalue weighted by molar-refractivity contribution is 5.87. The van der Waals surface area contributed by atoms with E-state index in [4.69, 9.17) is 14.2 Å². The van der Waals surface area contributed by atoms with Crippen molar-refractivity contribution < 1.29 is 19.0 Å². The van der Waals surface area contributed by atoms with Gasteiger partial charge in [-0.3, -0.25) is 0 Å². The minimum atomic E-state index is -0.355. The molecule has 0 aliphatic rings. The second-order valence-corrected chi connectivity index (χ2v) is 5.83. The number of carbonyl (C=O) groups excluding carboxylic acids is 1. The molecule has 0 fully saturated rings. The molecule has 0 amide bonds. The van der Waals surface area contributed by atoms with Crippen LogP contribution in [0.2, 0.25) is 0 Å². The zero-order valence-electron chi connectivity index (χ0n) is 15.6. The Bertz CT molecular complexity index is 921. The van der Waals surface area contributed by atoms with Crippen molar-refractivity contribution in [3.8, 4) is 17.4 Å². The lowest BCUT2D eigenvalue weighted by Gasteiger charge is -2.08. The third-order valence-electron chi connectivity index (χ3n) is 3.71. The summed E-state index contributed by atoms with van der Waals surface area (Å²) >= 11 is 0. The van der Waals surface area contributed by atoms with Crippen LogP contribution in [-0.4, -0.2) is 17.6 Å². The molecule has 0 bridgehead atoms. The van der Waals surface area contributed by atoms with E-state index in [2.05, 4.69) is 4.98 Å². The first-order valence-electron chi connectivity index (χ1n) is 8.99. The predicted octanol–water partition coefficient (Wildman–Crippen LogP) is 5.03. The molecule has 0 N–H and O–H groups in total. The molecule has 5 heteroatoms. The van der Waals surface area contributed by atoms with E-state index < -0.39 is 0 Å². The highest BCUT2D eigenvalue weighted by Gasteiger charge is 2.02. The topological polar surface area (TPSA) is 57.7 Å². The number of carbonyl (C=O) groups is 1. The molecule has 0 radical (unpaired) electrons. The van der Waals surface area contributed by atoms with Gasteiger partial charge in [-0.2, -0.15) is 0 Å². The SMILES string of the molecule is CCOC(=O)C=Cc1ccc(OCc2cccc(Oc3ccccc3)n2)cc1. The number of hydrogen-bond donors (Lipinski definition) is 0. The summed E-state index contributed by atoms with van der Waals surface area (Å²) < 4.78 is 16.4. The molecule has 5 nitrogen and oxygen atoms in total. The van der Waals surface area contributed by atoms with Crippen LogP contribution in [0.1, 0.15) is 18.2 Å². The number of nitrogens with zero attached hydrogens (tertiary/aromatic N) is 1. The lowest BCUT2D eigenvalue weighted by atomic mass is 10.2. The van der Waals surface area contributed by atoms with E-state index in [1.165, 1.54) is 6.08 Å². The molecule has 28 heavy (non-hydrogen) atoms. The lowest BCUT2D eigenvalue weighted by molar-refractivity contribution is -0.137. The molecule has 3 rings (SSSR count). The summed E-state index contributed by atoms with van der Waals surface area (Å²) in [6.07, 6.45) is 3.11. The van der Waals surface area contributed by atoms with Gasteiger partial charge in [-0.05, 0) is 48.9 Å². The molecule has 0 saturated carbocycles. The van der Waals surface area contributed by atoms with Crippen LogP contribution in [0.25, 0.3) is 6.08 Å². The number of hydrogen-bond acceptors (Lipinski definition) is 5. The van der Waals surface area contributed by atoms with Gasteiger partial charge in [0.05, 0.1) is 12.3 Å². The van der Waals surface area contributed by atoms with E-state index >= 15 is 0 Å². The Kier molecular flexibility index (Phi) is 6.79. The monoisotopic (exact) mass is 375 g/mol. The molecule has 0 atom stereocenters. The van der Waals surface area contributed by atoms with E-state index in [9.17, 15) is 4.79 Å². The summed E-state index contributed by atoms with van der Waals surface area (Å²) in [5.74, 6) is 1.61. The van der Waals surface area contributed by atoms with Crippen LogP contribution in [0.3, 0.4) is 0 Å². The molecule has 3 aromatic rings. The second-order valence-electron chi connectivity index (χ2n) is 5.83. The van der Waals surface area contributed by atoms with E-state index in [0.29, 0.717) is 24.8 Å². The average molecular weight is 375 g/mol. The van der Waals surface area contributed by atoms with Gasteiger partial charge in [0.15, 0.2) is 0 Å². The number of benzene rings is 2. The summed E-state index contributed by atoms with van der Waals surface area (Å²) in [6.45, 7) is 2.46. The Morgan fingerprint density at radius 1 is 0.929 bits per heavy atom. The van der Waals surface area contributed by atoms with Crippen LogP contribution in [0, 0.1) is 0 Å². The van der Waals surface area contributed by atoms with Crippen LogP contribution in [0.5, 0.6) is 17.4 Å². The van der Waals surface area contributed by atoms with Gasteiger partial charge in [0.25, 0.3) is 0 Å². The van der Waals surface area contributed by atoms with E-state index in [-0.39, 0.29) is 5.97 Å². The summed E-state index contributed by atoms with van der Waals surface area (Å²) in [7, 11) is 0. The van der Waals surface area contributed by atoms with Gasteiger partial charge >= 0.3 is 5.97 Å². The van der Waals surface area contributed by atoms with Crippen LogP contribution in [-0.2, 0) is 16.1 Å². The fourth-order valence-electron chi connectivity index (χ4n) is 2.39. The van der Waals surface area contributed by atoms with Gasteiger partial charge in [0.1, 0.15) is 18.1 Å². The first kappa shape index (κ1) is 19.2. The molecule has 0 saturated heterocycles. The largest absolute Gasteiger partial charge is 0.487 e. The number of pyridine rings is 1. The quantitative estimate of drug-likeness (QED) is 0.408. The van der Waals surface area contributed by atoms with Crippen molar-refractivity contribution in [2.75, 3.05) is 6.61 Å². The number of rotatable bonds is 8. The molecule has 0 unspecified atom stereocenters. The molecule has 0 aliphatic heterocycles. The highest BCUT2D eigenvalue weighted by atomic mass is 16.5. The van der Waals surface area contributed by atoms with Crippen LogP contribution < -0.4 is 9.47 Å². The third-order valence-corrected chi connectivity index (χ3v) is 3.71. The molecule has 0 spiro atoms. The van der Waals surface area contributed by atoms with Gasteiger partial charge in [-0.1, -0.05) is 36.4 Å². The minimum absolute atomic E-state index is 0.323. The second kappa shape index (κ2) is 9.92. The average Bonchev–Trinajstić information content (AvgIpc) is 2.73. The Hall–Kier alpha value is -3.60. The van der Waals surface area contributed by atoms with E-state index in [0.717, 1.165) is 17.0 Å². The number of para-hydroxylation sites is 1. The molecule has 0 aliphatic carbocycles. The molecular formula is C23H21NO4. The Morgan fingerprint density at radius 2 is 1.71 bits per heavy atom. The van der Waals surface area contributed by atoms with Gasteiger partial charge in [-0.15, -0.1) is 0 Å². The van der Waals surface area contributed by atoms with E-state index in [1.807, 2.05) is 66.7 Å². The van der Waals surface area contributed by atoms with Gasteiger partial charge in [0, 0.05) is 12.1 Å². The van der Waals surface area contributed by atoms with Crippen molar-refractivity contribution in [3.63, 3.8) is 0 Å². The number of esters is 1. The minimum Gasteiger partial charge on any atom is -0.487 e. The number of ether oxygens (including phenoxy) is 3. The molecule has 1 aromatic heterocycles. The summed E-state index contributed by atoms with van der Waals surface area (Å²) in [5, 5.41) is 0. The third kappa shape index (κ3) is 5.99. The fourth-order valence-corrected chi connectivity index (χ4v) is 2.39. The first-order valence-corrected chi connectivity index (χ1v) is 8.99. The van der Waals surface area contributed by atoms with Crippen LogP contribution >= 0.6 is 0 Å². The van der Waals surface area contributed by atoms with Crippen molar-refractivity contribution in [3.05, 3.63) is 90.1 Å². The Labute approximate surface area is 164 Å².